The van der Waals surface area contributed by atoms with E-state index < -0.39 is 59.0 Å². The number of nitrogens with two attached hydrogens (primary N) is 1. The summed E-state index contributed by atoms with van der Waals surface area (Å²) in [6.45, 7) is 6.40. The second kappa shape index (κ2) is 17.6. The lowest BCUT2D eigenvalue weighted by atomic mass is 9.93. The molecule has 0 bridgehead atoms. The van der Waals surface area contributed by atoms with Gasteiger partial charge in [0.2, 0.25) is 29.4 Å². The molecule has 11 heteroatoms. The maximum atomic E-state index is 13.8. The largest absolute Gasteiger partial charge is 0.368 e. The van der Waals surface area contributed by atoms with Gasteiger partial charge in [-0.2, -0.15) is 0 Å². The van der Waals surface area contributed by atoms with Gasteiger partial charge in [0.05, 0.1) is 12.5 Å². The maximum absolute atomic E-state index is 13.8. The van der Waals surface area contributed by atoms with Gasteiger partial charge < -0.3 is 27.0 Å². The summed E-state index contributed by atoms with van der Waals surface area (Å²) >= 11 is 0. The van der Waals surface area contributed by atoms with Crippen molar-refractivity contribution in [1.82, 2.24) is 21.3 Å². The van der Waals surface area contributed by atoms with Crippen LogP contribution in [0.2, 0.25) is 0 Å². The molecule has 0 aliphatic carbocycles. The van der Waals surface area contributed by atoms with Gasteiger partial charge >= 0.3 is 0 Å². The average molecular weight is 656 g/mol. The third-order valence-corrected chi connectivity index (χ3v) is 8.12. The Morgan fingerprint density at radius 1 is 0.667 bits per heavy atom. The van der Waals surface area contributed by atoms with E-state index >= 15 is 0 Å². The van der Waals surface area contributed by atoms with Crippen LogP contribution in [0.15, 0.2) is 91.0 Å². The van der Waals surface area contributed by atoms with E-state index in [1.54, 1.807) is 37.3 Å². The normalized spacial score (nSPS) is 13.6. The van der Waals surface area contributed by atoms with Crippen LogP contribution in [-0.2, 0) is 48.0 Å². The molecule has 11 nitrogen and oxygen atoms in total. The smallest absolute Gasteiger partial charge is 0.290 e. The Morgan fingerprint density at radius 3 is 1.58 bits per heavy atom. The van der Waals surface area contributed by atoms with Crippen molar-refractivity contribution in [2.24, 2.45) is 11.7 Å². The maximum Gasteiger partial charge on any atom is 0.290 e. The Labute approximate surface area is 281 Å². The van der Waals surface area contributed by atoms with Crippen LogP contribution in [0.1, 0.15) is 50.8 Å². The number of carbonyl (C=O) groups excluding carboxylic acids is 6. The van der Waals surface area contributed by atoms with Crippen molar-refractivity contribution >= 4 is 35.3 Å². The average Bonchev–Trinajstić information content (AvgIpc) is 3.06. The number of Topliss-reactive ketones (excluding diaryl/α,β-unsaturated/α-hetero) is 1. The first kappa shape index (κ1) is 37.1. The van der Waals surface area contributed by atoms with Crippen LogP contribution in [0.5, 0.6) is 0 Å². The summed E-state index contributed by atoms with van der Waals surface area (Å²) in [7, 11) is 0. The predicted octanol–water partition coefficient (Wildman–Crippen LogP) is 2.16. The van der Waals surface area contributed by atoms with Crippen LogP contribution in [0, 0.1) is 5.92 Å². The number of hydrogen-bond donors (Lipinski definition) is 5. The number of primary amides is 1. The van der Waals surface area contributed by atoms with Gasteiger partial charge in [0, 0.05) is 12.8 Å². The number of benzene rings is 3. The van der Waals surface area contributed by atoms with Crippen LogP contribution >= 0.6 is 0 Å². The molecule has 0 aromatic heterocycles. The molecule has 3 aromatic rings. The van der Waals surface area contributed by atoms with Gasteiger partial charge in [-0.25, -0.2) is 0 Å². The molecule has 0 fully saturated rings. The first-order chi connectivity index (χ1) is 22.8. The monoisotopic (exact) mass is 655 g/mol. The van der Waals surface area contributed by atoms with Crippen molar-refractivity contribution in [3.8, 4) is 0 Å². The molecule has 0 aliphatic heterocycles. The van der Waals surface area contributed by atoms with Gasteiger partial charge in [0.15, 0.2) is 0 Å². The highest BCUT2D eigenvalue weighted by atomic mass is 16.2. The lowest BCUT2D eigenvalue weighted by Crippen LogP contribution is -2.61. The fraction of sp³-hybridized carbons (Fsp3) is 0.351. The van der Waals surface area contributed by atoms with Crippen molar-refractivity contribution < 1.29 is 28.8 Å². The third-order valence-electron chi connectivity index (χ3n) is 8.12. The third kappa shape index (κ3) is 11.2. The van der Waals surface area contributed by atoms with Crippen LogP contribution in [0.25, 0.3) is 0 Å². The molecule has 0 saturated carbocycles. The summed E-state index contributed by atoms with van der Waals surface area (Å²) in [6.07, 6.45) is 0.657. The second-order valence-corrected chi connectivity index (χ2v) is 12.4. The number of ketones is 1. The first-order valence-electron chi connectivity index (χ1n) is 16.0. The lowest BCUT2D eigenvalue weighted by Gasteiger charge is -2.28. The molecule has 0 heterocycles. The predicted molar refractivity (Wildman–Crippen MR) is 182 cm³/mol. The molecule has 0 saturated heterocycles. The second-order valence-electron chi connectivity index (χ2n) is 12.4. The number of carbonyl (C=O) groups is 6. The molecule has 0 spiro atoms. The number of nitrogens with one attached hydrogen (secondary N) is 4. The Morgan fingerprint density at radius 2 is 1.12 bits per heavy atom. The molecular weight excluding hydrogens is 610 g/mol. The molecule has 5 amide bonds. The van der Waals surface area contributed by atoms with Crippen LogP contribution in [-0.4, -0.2) is 59.0 Å². The summed E-state index contributed by atoms with van der Waals surface area (Å²) < 4.78 is 0. The van der Waals surface area contributed by atoms with Crippen LogP contribution < -0.4 is 27.0 Å². The zero-order chi connectivity index (χ0) is 35.3. The summed E-state index contributed by atoms with van der Waals surface area (Å²) in [4.78, 5) is 79.2. The van der Waals surface area contributed by atoms with E-state index in [1.807, 2.05) is 67.6 Å². The summed E-state index contributed by atoms with van der Waals surface area (Å²) in [6, 6.07) is 23.5. The molecule has 4 unspecified atom stereocenters. The quantitative estimate of drug-likeness (QED) is 0.139. The molecule has 0 aliphatic rings. The SMILES string of the molecule is CCC(C)C(NC(=O)C(Cc1ccccc1)NC(=O)Cc1ccccc1)C(=O)C(=O)NC(Cc1ccccc1)C(=O)NC(C)(C)C(N)=O. The van der Waals surface area contributed by atoms with Crippen molar-refractivity contribution in [2.75, 3.05) is 0 Å². The minimum absolute atomic E-state index is 0.0213. The topological polar surface area (TPSA) is 177 Å². The van der Waals surface area contributed by atoms with E-state index in [9.17, 15) is 28.8 Å². The standard InChI is InChI=1S/C37H45N5O6/c1-5-24(2)31(32(44)35(47)40-29(22-26-17-11-7-12-18-26)34(46)42-37(3,4)36(38)48)41-33(45)28(21-25-15-9-6-10-16-25)39-30(43)23-27-19-13-8-14-20-27/h6-20,24,28-29,31H,5,21-23H2,1-4H3,(H2,38,48)(H,39,43)(H,40,47)(H,41,45)(H,42,46). The fourth-order valence-electron chi connectivity index (χ4n) is 4.93. The van der Waals surface area contributed by atoms with Crippen molar-refractivity contribution in [3.63, 3.8) is 0 Å². The van der Waals surface area contributed by atoms with Crippen molar-refractivity contribution in [3.05, 3.63) is 108 Å². The molecule has 48 heavy (non-hydrogen) atoms. The fourth-order valence-corrected chi connectivity index (χ4v) is 4.93. The van der Waals surface area contributed by atoms with Gasteiger partial charge in [-0.05, 0) is 36.5 Å². The molecule has 254 valence electrons. The van der Waals surface area contributed by atoms with E-state index in [2.05, 4.69) is 21.3 Å². The molecule has 6 N–H and O–H groups in total. The summed E-state index contributed by atoms with van der Waals surface area (Å²) in [5.41, 5.74) is 6.27. The van der Waals surface area contributed by atoms with E-state index in [4.69, 9.17) is 5.73 Å². The highest BCUT2D eigenvalue weighted by Gasteiger charge is 2.36. The lowest BCUT2D eigenvalue weighted by molar-refractivity contribution is -0.142. The zero-order valence-corrected chi connectivity index (χ0v) is 27.8. The Kier molecular flexibility index (Phi) is 13.6. The molecule has 4 atom stereocenters. The van der Waals surface area contributed by atoms with Crippen LogP contribution in [0.4, 0.5) is 0 Å². The number of hydrogen-bond acceptors (Lipinski definition) is 6. The van der Waals surface area contributed by atoms with Crippen LogP contribution in [0.3, 0.4) is 0 Å². The summed E-state index contributed by atoms with van der Waals surface area (Å²) in [5, 5.41) is 10.6. The minimum Gasteiger partial charge on any atom is -0.368 e. The molecule has 3 aromatic carbocycles. The molecule has 0 radical (unpaired) electrons. The van der Waals surface area contributed by atoms with Gasteiger partial charge in [0.25, 0.3) is 5.91 Å². The van der Waals surface area contributed by atoms with E-state index in [-0.39, 0.29) is 25.2 Å². The summed E-state index contributed by atoms with van der Waals surface area (Å²) in [5.74, 6) is -5.01. The number of rotatable bonds is 17. The number of amides is 5. The Balaban J connectivity index is 1.82. The highest BCUT2D eigenvalue weighted by molar-refractivity contribution is 6.39. The van der Waals surface area contributed by atoms with E-state index in [1.165, 1.54) is 13.8 Å². The Hall–Kier alpha value is -5.32. The van der Waals surface area contributed by atoms with Gasteiger partial charge in [-0.15, -0.1) is 0 Å². The van der Waals surface area contributed by atoms with Crippen molar-refractivity contribution in [2.45, 2.75) is 77.0 Å². The minimum atomic E-state index is -1.42. The highest BCUT2D eigenvalue weighted by Crippen LogP contribution is 2.13. The van der Waals surface area contributed by atoms with E-state index in [0.29, 0.717) is 12.0 Å². The van der Waals surface area contributed by atoms with Gasteiger partial charge in [-0.1, -0.05) is 111 Å². The van der Waals surface area contributed by atoms with Gasteiger partial charge in [-0.3, -0.25) is 28.8 Å². The molecule has 3 rings (SSSR count). The first-order valence-corrected chi connectivity index (χ1v) is 16.0. The molecular formula is C37H45N5O6. The van der Waals surface area contributed by atoms with Gasteiger partial charge in [0.1, 0.15) is 17.6 Å². The Bertz CT molecular complexity index is 1560. The van der Waals surface area contributed by atoms with E-state index in [0.717, 1.165) is 11.1 Å². The zero-order valence-electron chi connectivity index (χ0n) is 27.8. The van der Waals surface area contributed by atoms with Crippen molar-refractivity contribution in [1.29, 1.82) is 0 Å².